The molecule has 2 aromatic rings. The van der Waals surface area contributed by atoms with Crippen molar-refractivity contribution in [2.24, 2.45) is 0 Å². The molecule has 0 spiro atoms. The molecule has 0 amide bonds. The maximum Gasteiger partial charge on any atom is 0.246 e. The molecule has 0 unspecified atom stereocenters. The number of hydrogen-bond donors (Lipinski definition) is 2. The van der Waals surface area contributed by atoms with Gasteiger partial charge in [0.25, 0.3) is 0 Å². The summed E-state index contributed by atoms with van der Waals surface area (Å²) in [5, 5.41) is 12.4. The summed E-state index contributed by atoms with van der Waals surface area (Å²) in [6.45, 7) is 4.32. The van der Waals surface area contributed by atoms with E-state index in [1.807, 2.05) is 32.0 Å². The molecule has 0 saturated carbocycles. The topological polar surface area (TPSA) is 63.6 Å². The number of fused-ring (bicyclic) bond motifs is 1. The van der Waals surface area contributed by atoms with Gasteiger partial charge in [-0.1, -0.05) is 0 Å². The van der Waals surface area contributed by atoms with Gasteiger partial charge in [-0.2, -0.15) is 0 Å². The highest BCUT2D eigenvalue weighted by atomic mass is 16.7. The summed E-state index contributed by atoms with van der Waals surface area (Å²) in [4.78, 5) is 4.12. The Balaban J connectivity index is 1.69. The molecule has 0 fully saturated rings. The SMILES string of the molecule is CC1(C)Oc2ccc(NCc3ccc(O)cn3)cc2O1. The Labute approximate surface area is 117 Å². The average molecular weight is 272 g/mol. The van der Waals surface area contributed by atoms with Gasteiger partial charge in [0.05, 0.1) is 18.4 Å². The highest BCUT2D eigenvalue weighted by Crippen LogP contribution is 2.40. The predicted octanol–water partition coefficient (Wildman–Crippen LogP) is 2.91. The highest BCUT2D eigenvalue weighted by molar-refractivity contribution is 5.56. The van der Waals surface area contributed by atoms with E-state index in [-0.39, 0.29) is 5.75 Å². The van der Waals surface area contributed by atoms with Crippen molar-refractivity contribution >= 4 is 5.69 Å². The maximum absolute atomic E-state index is 9.18. The van der Waals surface area contributed by atoms with Crippen molar-refractivity contribution in [1.29, 1.82) is 0 Å². The molecule has 3 rings (SSSR count). The lowest BCUT2D eigenvalue weighted by atomic mass is 10.2. The molecule has 0 bridgehead atoms. The van der Waals surface area contributed by atoms with Crippen molar-refractivity contribution in [3.8, 4) is 17.2 Å². The molecule has 1 aromatic carbocycles. The van der Waals surface area contributed by atoms with Gasteiger partial charge in [-0.25, -0.2) is 0 Å². The molecule has 5 nitrogen and oxygen atoms in total. The summed E-state index contributed by atoms with van der Waals surface area (Å²) in [7, 11) is 0. The molecule has 5 heteroatoms. The molecular formula is C15H16N2O3. The van der Waals surface area contributed by atoms with Crippen LogP contribution < -0.4 is 14.8 Å². The predicted molar refractivity (Wildman–Crippen MR) is 75.0 cm³/mol. The number of ether oxygens (including phenoxy) is 2. The largest absolute Gasteiger partial charge is 0.506 e. The van der Waals surface area contributed by atoms with Gasteiger partial charge < -0.3 is 19.9 Å². The third kappa shape index (κ3) is 2.61. The monoisotopic (exact) mass is 272 g/mol. The van der Waals surface area contributed by atoms with Crippen LogP contribution in [-0.4, -0.2) is 15.9 Å². The van der Waals surface area contributed by atoms with Gasteiger partial charge in [-0.05, 0) is 24.3 Å². The number of nitrogens with one attached hydrogen (secondary N) is 1. The second-order valence-corrected chi connectivity index (χ2v) is 5.13. The second-order valence-electron chi connectivity index (χ2n) is 5.13. The van der Waals surface area contributed by atoms with E-state index in [0.717, 1.165) is 22.9 Å². The van der Waals surface area contributed by atoms with Gasteiger partial charge in [0.15, 0.2) is 11.5 Å². The van der Waals surface area contributed by atoms with Crippen LogP contribution in [0.3, 0.4) is 0 Å². The van der Waals surface area contributed by atoms with Crippen molar-refractivity contribution in [3.05, 3.63) is 42.2 Å². The molecule has 2 N–H and O–H groups in total. The zero-order valence-electron chi connectivity index (χ0n) is 11.4. The fourth-order valence-corrected chi connectivity index (χ4v) is 2.05. The van der Waals surface area contributed by atoms with Gasteiger partial charge >= 0.3 is 0 Å². The summed E-state index contributed by atoms with van der Waals surface area (Å²) in [6, 6.07) is 9.12. The average Bonchev–Trinajstić information content (AvgIpc) is 2.71. The third-order valence-electron chi connectivity index (χ3n) is 2.94. The van der Waals surface area contributed by atoms with Crippen LogP contribution in [0.15, 0.2) is 36.5 Å². The van der Waals surface area contributed by atoms with Crippen molar-refractivity contribution in [3.63, 3.8) is 0 Å². The van der Waals surface area contributed by atoms with Crippen LogP contribution in [0.4, 0.5) is 5.69 Å². The number of nitrogens with zero attached hydrogens (tertiary/aromatic N) is 1. The zero-order valence-corrected chi connectivity index (χ0v) is 11.4. The summed E-state index contributed by atoms with van der Waals surface area (Å²) in [5.74, 6) is 1.04. The lowest BCUT2D eigenvalue weighted by molar-refractivity contribution is -0.0431. The van der Waals surface area contributed by atoms with Gasteiger partial charge in [0.1, 0.15) is 5.75 Å². The molecule has 0 saturated heterocycles. The lowest BCUT2D eigenvalue weighted by Gasteiger charge is -2.16. The van der Waals surface area contributed by atoms with Gasteiger partial charge in [0.2, 0.25) is 5.79 Å². The number of benzene rings is 1. The Hall–Kier alpha value is -2.43. The minimum atomic E-state index is -0.612. The van der Waals surface area contributed by atoms with E-state index >= 15 is 0 Å². The summed E-state index contributed by atoms with van der Waals surface area (Å²) in [5.41, 5.74) is 1.78. The van der Waals surface area contributed by atoms with Crippen molar-refractivity contribution in [2.75, 3.05) is 5.32 Å². The number of anilines is 1. The molecule has 0 aliphatic carbocycles. The molecule has 1 aliphatic rings. The van der Waals surface area contributed by atoms with E-state index in [1.54, 1.807) is 12.1 Å². The van der Waals surface area contributed by atoms with E-state index in [4.69, 9.17) is 9.47 Å². The number of pyridine rings is 1. The standard InChI is InChI=1S/C15H16N2O3/c1-15(2)19-13-6-4-10(7-14(13)20-15)16-8-11-3-5-12(18)9-17-11/h3-7,9,16,18H,8H2,1-2H3. The number of aromatic nitrogens is 1. The quantitative estimate of drug-likeness (QED) is 0.899. The van der Waals surface area contributed by atoms with Crippen LogP contribution in [-0.2, 0) is 6.54 Å². The van der Waals surface area contributed by atoms with Gasteiger partial charge in [-0.15, -0.1) is 0 Å². The minimum absolute atomic E-state index is 0.166. The Kier molecular flexibility index (Phi) is 2.89. The first-order valence-corrected chi connectivity index (χ1v) is 6.42. The Morgan fingerprint density at radius 1 is 1.15 bits per heavy atom. The fourth-order valence-electron chi connectivity index (χ4n) is 2.05. The minimum Gasteiger partial charge on any atom is -0.506 e. The summed E-state index contributed by atoms with van der Waals surface area (Å²) >= 11 is 0. The zero-order chi connectivity index (χ0) is 14.2. The Morgan fingerprint density at radius 3 is 2.70 bits per heavy atom. The summed E-state index contributed by atoms with van der Waals surface area (Å²) < 4.78 is 11.3. The maximum atomic E-state index is 9.18. The van der Waals surface area contributed by atoms with Crippen molar-refractivity contribution < 1.29 is 14.6 Å². The van der Waals surface area contributed by atoms with E-state index in [0.29, 0.717) is 6.54 Å². The van der Waals surface area contributed by atoms with Gasteiger partial charge in [-0.3, -0.25) is 4.98 Å². The van der Waals surface area contributed by atoms with Crippen LogP contribution in [0.1, 0.15) is 19.5 Å². The van der Waals surface area contributed by atoms with Crippen LogP contribution in [0.5, 0.6) is 17.2 Å². The number of hydrogen-bond acceptors (Lipinski definition) is 5. The first-order valence-electron chi connectivity index (χ1n) is 6.42. The normalized spacial score (nSPS) is 15.1. The third-order valence-corrected chi connectivity index (χ3v) is 2.94. The first-order chi connectivity index (χ1) is 9.52. The molecule has 0 atom stereocenters. The lowest BCUT2D eigenvalue weighted by Crippen LogP contribution is -2.29. The van der Waals surface area contributed by atoms with Crippen LogP contribution in [0.25, 0.3) is 0 Å². The van der Waals surface area contributed by atoms with Crippen LogP contribution >= 0.6 is 0 Å². The van der Waals surface area contributed by atoms with Gasteiger partial charge in [0, 0.05) is 25.6 Å². The molecule has 1 aromatic heterocycles. The van der Waals surface area contributed by atoms with E-state index in [1.165, 1.54) is 6.20 Å². The second kappa shape index (κ2) is 4.59. The molecule has 20 heavy (non-hydrogen) atoms. The first kappa shape index (κ1) is 12.6. The number of aromatic hydroxyl groups is 1. The van der Waals surface area contributed by atoms with Crippen LogP contribution in [0, 0.1) is 0 Å². The molecular weight excluding hydrogens is 256 g/mol. The molecule has 1 aliphatic heterocycles. The Morgan fingerprint density at radius 2 is 1.95 bits per heavy atom. The highest BCUT2D eigenvalue weighted by Gasteiger charge is 2.31. The number of rotatable bonds is 3. The smallest absolute Gasteiger partial charge is 0.246 e. The fraction of sp³-hybridized carbons (Fsp3) is 0.267. The summed E-state index contributed by atoms with van der Waals surface area (Å²) in [6.07, 6.45) is 1.43. The van der Waals surface area contributed by atoms with Crippen molar-refractivity contribution in [2.45, 2.75) is 26.2 Å². The van der Waals surface area contributed by atoms with E-state index < -0.39 is 5.79 Å². The Bertz CT molecular complexity index is 624. The molecule has 2 heterocycles. The van der Waals surface area contributed by atoms with Crippen LogP contribution in [0.2, 0.25) is 0 Å². The van der Waals surface area contributed by atoms with E-state index in [2.05, 4.69) is 10.3 Å². The van der Waals surface area contributed by atoms with E-state index in [9.17, 15) is 5.11 Å². The molecule has 104 valence electrons. The van der Waals surface area contributed by atoms with Crippen molar-refractivity contribution in [1.82, 2.24) is 4.98 Å². The molecule has 0 radical (unpaired) electrons.